The van der Waals surface area contributed by atoms with Gasteiger partial charge in [-0.25, -0.2) is 4.39 Å². The summed E-state index contributed by atoms with van der Waals surface area (Å²) in [6.07, 6.45) is 1.54. The number of hydrogen-bond donors (Lipinski definition) is 1. The molecule has 0 saturated carbocycles. The number of nitrogens with two attached hydrogens (primary N) is 1. The predicted molar refractivity (Wildman–Crippen MR) is 81.4 cm³/mol. The van der Waals surface area contributed by atoms with Crippen LogP contribution in [0.25, 0.3) is 0 Å². The van der Waals surface area contributed by atoms with Crippen LogP contribution in [0, 0.1) is 11.7 Å². The highest BCUT2D eigenvalue weighted by Gasteiger charge is 2.12. The first kappa shape index (κ1) is 16.0. The highest BCUT2D eigenvalue weighted by molar-refractivity contribution is 7.98. The van der Waals surface area contributed by atoms with Crippen LogP contribution < -0.4 is 5.73 Å². The van der Waals surface area contributed by atoms with E-state index in [2.05, 4.69) is 24.0 Å². The molecule has 2 N–H and O–H groups in total. The van der Waals surface area contributed by atoms with E-state index in [1.54, 1.807) is 23.9 Å². The SMILES string of the molecule is CC(C)CC(N)Cc1nc(CSc2ccc(F)cc2)no1. The lowest BCUT2D eigenvalue weighted by Gasteiger charge is -2.10. The van der Waals surface area contributed by atoms with Crippen molar-refractivity contribution in [2.45, 2.75) is 43.4 Å². The zero-order valence-electron chi connectivity index (χ0n) is 12.3. The molecule has 1 aromatic carbocycles. The van der Waals surface area contributed by atoms with Gasteiger partial charge in [-0.3, -0.25) is 0 Å². The summed E-state index contributed by atoms with van der Waals surface area (Å²) < 4.78 is 18.0. The highest BCUT2D eigenvalue weighted by Crippen LogP contribution is 2.21. The molecule has 0 radical (unpaired) electrons. The molecule has 0 bridgehead atoms. The maximum Gasteiger partial charge on any atom is 0.228 e. The fourth-order valence-corrected chi connectivity index (χ4v) is 2.77. The molecule has 0 spiro atoms. The molecule has 6 heteroatoms. The second-order valence-corrected chi connectivity index (χ2v) is 6.49. The Labute approximate surface area is 128 Å². The van der Waals surface area contributed by atoms with Crippen molar-refractivity contribution in [1.82, 2.24) is 10.1 Å². The van der Waals surface area contributed by atoms with Crippen molar-refractivity contribution in [3.05, 3.63) is 41.8 Å². The Morgan fingerprint density at radius 3 is 2.67 bits per heavy atom. The van der Waals surface area contributed by atoms with Crippen molar-refractivity contribution in [1.29, 1.82) is 0 Å². The minimum Gasteiger partial charge on any atom is -0.339 e. The second kappa shape index (κ2) is 7.56. The van der Waals surface area contributed by atoms with Crippen molar-refractivity contribution in [2.24, 2.45) is 11.7 Å². The first-order chi connectivity index (χ1) is 10.0. The summed E-state index contributed by atoms with van der Waals surface area (Å²) in [5.41, 5.74) is 6.03. The molecule has 4 nitrogen and oxygen atoms in total. The van der Waals surface area contributed by atoms with Crippen molar-refractivity contribution in [3.63, 3.8) is 0 Å². The summed E-state index contributed by atoms with van der Waals surface area (Å²) in [6.45, 7) is 4.27. The number of nitrogens with zero attached hydrogens (tertiary/aromatic N) is 2. The summed E-state index contributed by atoms with van der Waals surface area (Å²) in [6, 6.07) is 6.39. The molecule has 0 aliphatic carbocycles. The summed E-state index contributed by atoms with van der Waals surface area (Å²) in [5.74, 6) is 2.12. The van der Waals surface area contributed by atoms with Crippen LogP contribution in [0.15, 0.2) is 33.7 Å². The largest absolute Gasteiger partial charge is 0.339 e. The lowest BCUT2D eigenvalue weighted by Crippen LogP contribution is -2.24. The van der Waals surface area contributed by atoms with E-state index in [4.69, 9.17) is 10.3 Å². The molecule has 0 saturated heterocycles. The number of benzene rings is 1. The normalized spacial score (nSPS) is 12.8. The van der Waals surface area contributed by atoms with Gasteiger partial charge in [-0.1, -0.05) is 19.0 Å². The molecule has 1 heterocycles. The Morgan fingerprint density at radius 2 is 2.00 bits per heavy atom. The minimum absolute atomic E-state index is 0.0445. The van der Waals surface area contributed by atoms with Crippen LogP contribution in [0.5, 0.6) is 0 Å². The smallest absolute Gasteiger partial charge is 0.228 e. The van der Waals surface area contributed by atoms with Gasteiger partial charge in [-0.2, -0.15) is 4.98 Å². The molecule has 0 amide bonds. The fraction of sp³-hybridized carbons (Fsp3) is 0.467. The Kier molecular flexibility index (Phi) is 5.76. The van der Waals surface area contributed by atoms with Gasteiger partial charge in [-0.15, -0.1) is 11.8 Å². The van der Waals surface area contributed by atoms with Gasteiger partial charge in [0.1, 0.15) is 5.82 Å². The van der Waals surface area contributed by atoms with Crippen molar-refractivity contribution < 1.29 is 8.91 Å². The first-order valence-corrected chi connectivity index (χ1v) is 7.97. The topological polar surface area (TPSA) is 64.9 Å². The lowest BCUT2D eigenvalue weighted by molar-refractivity contribution is 0.356. The van der Waals surface area contributed by atoms with E-state index in [0.717, 1.165) is 11.3 Å². The Bertz CT molecular complexity index is 556. The van der Waals surface area contributed by atoms with Crippen LogP contribution in [0.4, 0.5) is 4.39 Å². The van der Waals surface area contributed by atoms with E-state index in [1.807, 2.05) is 0 Å². The molecule has 2 rings (SSSR count). The average Bonchev–Trinajstić information content (AvgIpc) is 2.84. The van der Waals surface area contributed by atoms with Gasteiger partial charge in [0.15, 0.2) is 5.82 Å². The molecule has 1 unspecified atom stereocenters. The molecule has 1 aromatic heterocycles. The van der Waals surface area contributed by atoms with Crippen molar-refractivity contribution in [3.8, 4) is 0 Å². The van der Waals surface area contributed by atoms with Gasteiger partial charge < -0.3 is 10.3 Å². The summed E-state index contributed by atoms with van der Waals surface area (Å²) in [7, 11) is 0. The van der Waals surface area contributed by atoms with Gasteiger partial charge in [0.25, 0.3) is 0 Å². The predicted octanol–water partition coefficient (Wildman–Crippen LogP) is 3.42. The number of aromatic nitrogens is 2. The van der Waals surface area contributed by atoms with E-state index in [9.17, 15) is 4.39 Å². The number of halogens is 1. The molecule has 1 atom stereocenters. The van der Waals surface area contributed by atoms with E-state index in [1.165, 1.54) is 12.1 Å². The van der Waals surface area contributed by atoms with Gasteiger partial charge in [0.05, 0.1) is 5.75 Å². The third kappa shape index (κ3) is 5.47. The summed E-state index contributed by atoms with van der Waals surface area (Å²) in [4.78, 5) is 5.31. The number of thioether (sulfide) groups is 1. The Hall–Kier alpha value is -1.40. The maximum absolute atomic E-state index is 12.8. The third-order valence-corrected chi connectivity index (χ3v) is 3.91. The zero-order chi connectivity index (χ0) is 15.2. The monoisotopic (exact) mass is 309 g/mol. The van der Waals surface area contributed by atoms with E-state index in [-0.39, 0.29) is 11.9 Å². The van der Waals surface area contributed by atoms with Crippen LogP contribution in [0.2, 0.25) is 0 Å². The van der Waals surface area contributed by atoms with Gasteiger partial charge in [0.2, 0.25) is 5.89 Å². The van der Waals surface area contributed by atoms with Crippen LogP contribution >= 0.6 is 11.8 Å². The highest BCUT2D eigenvalue weighted by atomic mass is 32.2. The number of rotatable bonds is 7. The quantitative estimate of drug-likeness (QED) is 0.794. The Morgan fingerprint density at radius 1 is 1.29 bits per heavy atom. The molecule has 0 fully saturated rings. The van der Waals surface area contributed by atoms with Crippen LogP contribution in [-0.2, 0) is 12.2 Å². The molecular weight excluding hydrogens is 289 g/mol. The van der Waals surface area contributed by atoms with E-state index >= 15 is 0 Å². The van der Waals surface area contributed by atoms with Crippen molar-refractivity contribution in [2.75, 3.05) is 0 Å². The van der Waals surface area contributed by atoms with Crippen molar-refractivity contribution >= 4 is 11.8 Å². The lowest BCUT2D eigenvalue weighted by atomic mass is 10.0. The molecule has 114 valence electrons. The Balaban J connectivity index is 1.84. The van der Waals surface area contributed by atoms with Crippen LogP contribution in [0.1, 0.15) is 32.0 Å². The zero-order valence-corrected chi connectivity index (χ0v) is 13.1. The molecular formula is C15H20FN3OS. The van der Waals surface area contributed by atoms with E-state index < -0.39 is 0 Å². The summed E-state index contributed by atoms with van der Waals surface area (Å²) in [5, 5.41) is 3.94. The van der Waals surface area contributed by atoms with Gasteiger partial charge in [0, 0.05) is 17.4 Å². The average molecular weight is 309 g/mol. The molecule has 0 aliphatic rings. The van der Waals surface area contributed by atoms with Crippen LogP contribution in [0.3, 0.4) is 0 Å². The first-order valence-electron chi connectivity index (χ1n) is 6.98. The minimum atomic E-state index is -0.236. The maximum atomic E-state index is 12.8. The third-order valence-electron chi connectivity index (χ3n) is 2.90. The van der Waals surface area contributed by atoms with Crippen LogP contribution in [-0.4, -0.2) is 16.2 Å². The molecule has 21 heavy (non-hydrogen) atoms. The van der Waals surface area contributed by atoms with Gasteiger partial charge in [-0.05, 0) is 36.6 Å². The molecule has 2 aromatic rings. The standard InChI is InChI=1S/C15H20FN3OS/c1-10(2)7-12(17)8-15-18-14(19-20-15)9-21-13-5-3-11(16)4-6-13/h3-6,10,12H,7-9,17H2,1-2H3. The number of hydrogen-bond acceptors (Lipinski definition) is 5. The van der Waals surface area contributed by atoms with E-state index in [0.29, 0.717) is 29.8 Å². The van der Waals surface area contributed by atoms with Gasteiger partial charge >= 0.3 is 0 Å². The fourth-order valence-electron chi connectivity index (χ4n) is 2.02. The summed E-state index contributed by atoms with van der Waals surface area (Å²) >= 11 is 1.54. The second-order valence-electron chi connectivity index (χ2n) is 5.44. The molecule has 0 aliphatic heterocycles.